The molecule has 0 aromatic heterocycles. The van der Waals surface area contributed by atoms with E-state index in [0.717, 1.165) is 0 Å². The summed E-state index contributed by atoms with van der Waals surface area (Å²) in [5.74, 6) is 0. The lowest BCUT2D eigenvalue weighted by molar-refractivity contribution is 0.0522. The summed E-state index contributed by atoms with van der Waals surface area (Å²) in [4.78, 5) is 10.9. The number of hydrogen-bond acceptors (Lipinski definition) is 3. The van der Waals surface area contributed by atoms with Crippen LogP contribution in [0.3, 0.4) is 0 Å². The molecule has 0 saturated heterocycles. The SMILES string of the molecule is CC(C)(C)OC(=O)NCCOBr. The van der Waals surface area contributed by atoms with E-state index in [9.17, 15) is 4.79 Å². The first-order valence-electron chi connectivity index (χ1n) is 3.66. The van der Waals surface area contributed by atoms with Crippen molar-refractivity contribution in [3.63, 3.8) is 0 Å². The van der Waals surface area contributed by atoms with E-state index >= 15 is 0 Å². The Bertz CT molecular complexity index is 144. The summed E-state index contributed by atoms with van der Waals surface area (Å²) < 4.78 is 9.53. The van der Waals surface area contributed by atoms with E-state index in [0.29, 0.717) is 13.2 Å². The van der Waals surface area contributed by atoms with E-state index in [2.05, 4.69) is 25.4 Å². The molecule has 0 aromatic carbocycles. The van der Waals surface area contributed by atoms with Crippen molar-refractivity contribution in [2.75, 3.05) is 13.2 Å². The van der Waals surface area contributed by atoms with E-state index < -0.39 is 11.7 Å². The van der Waals surface area contributed by atoms with Crippen molar-refractivity contribution < 1.29 is 13.4 Å². The first kappa shape index (κ1) is 11.7. The lowest BCUT2D eigenvalue weighted by atomic mass is 10.2. The molecular weight excluding hydrogens is 226 g/mol. The molecule has 0 spiro atoms. The third kappa shape index (κ3) is 7.81. The first-order chi connectivity index (χ1) is 5.45. The largest absolute Gasteiger partial charge is 0.444 e. The summed E-state index contributed by atoms with van der Waals surface area (Å²) in [7, 11) is 0. The summed E-state index contributed by atoms with van der Waals surface area (Å²) in [6.45, 7) is 6.29. The van der Waals surface area contributed by atoms with E-state index in [4.69, 9.17) is 4.74 Å². The van der Waals surface area contributed by atoms with E-state index in [1.807, 2.05) is 20.8 Å². The van der Waals surface area contributed by atoms with Crippen molar-refractivity contribution >= 4 is 22.4 Å². The highest BCUT2D eigenvalue weighted by Gasteiger charge is 2.15. The van der Waals surface area contributed by atoms with Gasteiger partial charge in [0.15, 0.2) is 0 Å². The van der Waals surface area contributed by atoms with Gasteiger partial charge in [-0.3, -0.25) is 0 Å². The van der Waals surface area contributed by atoms with Gasteiger partial charge >= 0.3 is 6.09 Å². The topological polar surface area (TPSA) is 47.6 Å². The molecule has 0 saturated carbocycles. The van der Waals surface area contributed by atoms with Gasteiger partial charge in [-0.15, -0.1) is 0 Å². The van der Waals surface area contributed by atoms with Crippen LogP contribution < -0.4 is 5.32 Å². The molecule has 0 aromatic rings. The normalized spacial score (nSPS) is 11.0. The van der Waals surface area contributed by atoms with Gasteiger partial charge in [0.1, 0.15) is 5.60 Å². The quantitative estimate of drug-likeness (QED) is 0.765. The first-order valence-corrected chi connectivity index (χ1v) is 4.31. The van der Waals surface area contributed by atoms with Gasteiger partial charge in [0.25, 0.3) is 0 Å². The summed E-state index contributed by atoms with van der Waals surface area (Å²) in [6.07, 6.45) is -0.424. The molecule has 0 heterocycles. The van der Waals surface area contributed by atoms with Crippen molar-refractivity contribution in [1.82, 2.24) is 5.32 Å². The molecule has 0 fully saturated rings. The zero-order chi connectivity index (χ0) is 9.61. The van der Waals surface area contributed by atoms with Crippen LogP contribution in [0, 0.1) is 0 Å². The third-order valence-corrected chi connectivity index (χ3v) is 1.17. The van der Waals surface area contributed by atoms with Crippen molar-refractivity contribution in [2.24, 2.45) is 0 Å². The van der Waals surface area contributed by atoms with Crippen LogP contribution in [0.5, 0.6) is 0 Å². The van der Waals surface area contributed by atoms with Crippen LogP contribution in [0.4, 0.5) is 4.79 Å². The van der Waals surface area contributed by atoms with Gasteiger partial charge in [-0.1, -0.05) is 0 Å². The van der Waals surface area contributed by atoms with Gasteiger partial charge in [-0.25, -0.2) is 4.79 Å². The van der Waals surface area contributed by atoms with E-state index in [-0.39, 0.29) is 0 Å². The maximum Gasteiger partial charge on any atom is 0.407 e. The highest BCUT2D eigenvalue weighted by molar-refractivity contribution is 9.06. The zero-order valence-corrected chi connectivity index (χ0v) is 9.10. The van der Waals surface area contributed by atoms with Crippen LogP contribution in [-0.2, 0) is 8.57 Å². The van der Waals surface area contributed by atoms with Gasteiger partial charge < -0.3 is 13.9 Å². The molecule has 0 radical (unpaired) electrons. The average molecular weight is 240 g/mol. The summed E-state index contributed by atoms with van der Waals surface area (Å²) in [5, 5.41) is 2.52. The molecule has 0 rings (SSSR count). The Labute approximate surface area is 81.1 Å². The Kier molecular flexibility index (Phi) is 5.24. The number of nitrogens with one attached hydrogen (secondary N) is 1. The Morgan fingerprint density at radius 1 is 1.50 bits per heavy atom. The molecule has 5 heteroatoms. The van der Waals surface area contributed by atoms with Gasteiger partial charge in [-0.05, 0) is 20.8 Å². The monoisotopic (exact) mass is 239 g/mol. The summed E-state index contributed by atoms with van der Waals surface area (Å²) >= 11 is 2.77. The molecular formula is C7H14BrNO3. The minimum absolute atomic E-state index is 0.416. The summed E-state index contributed by atoms with van der Waals surface area (Å²) in [5.41, 5.74) is -0.445. The molecule has 1 amide bonds. The van der Waals surface area contributed by atoms with Crippen LogP contribution >= 0.6 is 16.3 Å². The minimum atomic E-state index is -0.445. The Morgan fingerprint density at radius 3 is 2.50 bits per heavy atom. The van der Waals surface area contributed by atoms with Gasteiger partial charge in [-0.2, -0.15) is 0 Å². The smallest absolute Gasteiger partial charge is 0.407 e. The number of hydrogen-bond donors (Lipinski definition) is 1. The number of halogens is 1. The molecule has 0 aliphatic carbocycles. The zero-order valence-electron chi connectivity index (χ0n) is 7.52. The Balaban J connectivity index is 3.47. The highest BCUT2D eigenvalue weighted by Crippen LogP contribution is 2.05. The number of alkyl carbamates (subject to hydrolysis) is 1. The highest BCUT2D eigenvalue weighted by atomic mass is 79.9. The Hall–Kier alpha value is -0.290. The fourth-order valence-electron chi connectivity index (χ4n) is 0.506. The number of amides is 1. The lowest BCUT2D eigenvalue weighted by Gasteiger charge is -2.19. The predicted octanol–water partition coefficient (Wildman–Crippen LogP) is 1.84. The second kappa shape index (κ2) is 5.37. The number of ether oxygens (including phenoxy) is 1. The fourth-order valence-corrected chi connectivity index (χ4v) is 0.668. The minimum Gasteiger partial charge on any atom is -0.444 e. The number of rotatable bonds is 3. The predicted molar refractivity (Wildman–Crippen MR) is 49.1 cm³/mol. The van der Waals surface area contributed by atoms with Gasteiger partial charge in [0.05, 0.1) is 22.9 Å². The molecule has 0 aliphatic heterocycles. The van der Waals surface area contributed by atoms with Crippen molar-refractivity contribution in [1.29, 1.82) is 0 Å². The maximum absolute atomic E-state index is 10.9. The lowest BCUT2D eigenvalue weighted by Crippen LogP contribution is -2.33. The van der Waals surface area contributed by atoms with Crippen molar-refractivity contribution in [3.8, 4) is 0 Å². The summed E-state index contributed by atoms with van der Waals surface area (Å²) in [6, 6.07) is 0. The van der Waals surface area contributed by atoms with E-state index in [1.165, 1.54) is 0 Å². The van der Waals surface area contributed by atoms with E-state index in [1.54, 1.807) is 0 Å². The third-order valence-electron chi connectivity index (χ3n) is 0.847. The van der Waals surface area contributed by atoms with Crippen LogP contribution in [-0.4, -0.2) is 24.8 Å². The van der Waals surface area contributed by atoms with Crippen LogP contribution in [0.15, 0.2) is 0 Å². The molecule has 4 nitrogen and oxygen atoms in total. The standard InChI is InChI=1S/C7H14BrNO3/c1-7(2,3)12-6(10)9-4-5-11-8/h4-5H2,1-3H3,(H,9,10). The van der Waals surface area contributed by atoms with Crippen LogP contribution in [0.2, 0.25) is 0 Å². The molecule has 12 heavy (non-hydrogen) atoms. The van der Waals surface area contributed by atoms with Crippen LogP contribution in [0.1, 0.15) is 20.8 Å². The van der Waals surface area contributed by atoms with Crippen molar-refractivity contribution in [2.45, 2.75) is 26.4 Å². The molecule has 1 N–H and O–H groups in total. The second-order valence-electron chi connectivity index (χ2n) is 3.24. The number of carbonyl (C=O) groups is 1. The average Bonchev–Trinajstić information content (AvgIpc) is 1.84. The fraction of sp³-hybridized carbons (Fsp3) is 0.857. The van der Waals surface area contributed by atoms with Crippen molar-refractivity contribution in [3.05, 3.63) is 0 Å². The number of carbonyl (C=O) groups excluding carboxylic acids is 1. The second-order valence-corrected chi connectivity index (χ2v) is 3.70. The van der Waals surface area contributed by atoms with Crippen LogP contribution in [0.25, 0.3) is 0 Å². The maximum atomic E-state index is 10.9. The molecule has 72 valence electrons. The molecule has 0 aliphatic rings. The molecule has 0 atom stereocenters. The van der Waals surface area contributed by atoms with Gasteiger partial charge in [0, 0.05) is 6.54 Å². The molecule has 0 bridgehead atoms. The van der Waals surface area contributed by atoms with Gasteiger partial charge in [0.2, 0.25) is 0 Å². The molecule has 0 unspecified atom stereocenters. The Morgan fingerprint density at radius 2 is 2.08 bits per heavy atom.